The Labute approximate surface area is 135 Å². The lowest BCUT2D eigenvalue weighted by molar-refractivity contribution is -0.136. The van der Waals surface area contributed by atoms with E-state index in [1.165, 1.54) is 0 Å². The fraction of sp³-hybridized carbons (Fsp3) is 0.222. The van der Waals surface area contributed by atoms with E-state index in [0.717, 1.165) is 16.7 Å². The Balaban J connectivity index is 1.90. The maximum absolute atomic E-state index is 11.9. The minimum atomic E-state index is -0.695. The normalized spacial score (nSPS) is 10.0. The van der Waals surface area contributed by atoms with Crippen LogP contribution < -0.4 is 15.4 Å². The number of anilines is 1. The second kappa shape index (κ2) is 7.45. The van der Waals surface area contributed by atoms with Crippen molar-refractivity contribution in [3.8, 4) is 5.75 Å². The number of benzene rings is 2. The third kappa shape index (κ3) is 4.57. The minimum Gasteiger partial charge on any atom is -0.497 e. The molecule has 5 heteroatoms. The molecule has 0 bridgehead atoms. The summed E-state index contributed by atoms with van der Waals surface area (Å²) in [6.07, 6.45) is 0. The number of hydrogen-bond donors (Lipinski definition) is 2. The first-order valence-electron chi connectivity index (χ1n) is 7.29. The van der Waals surface area contributed by atoms with Crippen molar-refractivity contribution in [2.45, 2.75) is 20.4 Å². The van der Waals surface area contributed by atoms with Gasteiger partial charge < -0.3 is 15.4 Å². The molecule has 2 rings (SSSR count). The van der Waals surface area contributed by atoms with Crippen LogP contribution in [0.2, 0.25) is 0 Å². The number of aryl methyl sites for hydroxylation is 2. The first-order valence-corrected chi connectivity index (χ1v) is 7.29. The van der Waals surface area contributed by atoms with Crippen LogP contribution in [0.5, 0.6) is 5.75 Å². The van der Waals surface area contributed by atoms with Gasteiger partial charge in [0.1, 0.15) is 5.75 Å². The molecule has 0 aliphatic rings. The summed E-state index contributed by atoms with van der Waals surface area (Å²) >= 11 is 0. The Morgan fingerprint density at radius 2 is 1.70 bits per heavy atom. The van der Waals surface area contributed by atoms with Gasteiger partial charge in [0.2, 0.25) is 0 Å². The Hall–Kier alpha value is -2.82. The van der Waals surface area contributed by atoms with E-state index in [2.05, 4.69) is 10.6 Å². The molecule has 0 fully saturated rings. The van der Waals surface area contributed by atoms with E-state index in [-0.39, 0.29) is 0 Å². The highest BCUT2D eigenvalue weighted by atomic mass is 16.5. The molecule has 0 spiro atoms. The number of carbonyl (C=O) groups is 2. The number of rotatable bonds is 4. The molecule has 0 saturated heterocycles. The van der Waals surface area contributed by atoms with Gasteiger partial charge in [-0.2, -0.15) is 0 Å². The van der Waals surface area contributed by atoms with Crippen LogP contribution in [0.25, 0.3) is 0 Å². The van der Waals surface area contributed by atoms with Gasteiger partial charge in [0.05, 0.1) is 7.11 Å². The zero-order chi connectivity index (χ0) is 16.8. The van der Waals surface area contributed by atoms with Gasteiger partial charge in [-0.25, -0.2) is 0 Å². The van der Waals surface area contributed by atoms with Gasteiger partial charge in [-0.15, -0.1) is 0 Å². The average molecular weight is 312 g/mol. The van der Waals surface area contributed by atoms with Crippen molar-refractivity contribution in [3.63, 3.8) is 0 Å². The van der Waals surface area contributed by atoms with Crippen LogP contribution in [0.1, 0.15) is 16.7 Å². The van der Waals surface area contributed by atoms with Crippen LogP contribution in [0.3, 0.4) is 0 Å². The summed E-state index contributed by atoms with van der Waals surface area (Å²) in [4.78, 5) is 23.7. The predicted octanol–water partition coefficient (Wildman–Crippen LogP) is 2.57. The van der Waals surface area contributed by atoms with Crippen molar-refractivity contribution >= 4 is 17.5 Å². The summed E-state index contributed by atoms with van der Waals surface area (Å²) in [6, 6.07) is 12.7. The van der Waals surface area contributed by atoms with Gasteiger partial charge in [-0.05, 0) is 49.2 Å². The molecule has 0 unspecified atom stereocenters. The van der Waals surface area contributed by atoms with Crippen molar-refractivity contribution in [2.24, 2.45) is 0 Å². The van der Waals surface area contributed by atoms with Crippen molar-refractivity contribution in [2.75, 3.05) is 12.4 Å². The molecule has 2 aromatic carbocycles. The lowest BCUT2D eigenvalue weighted by atomic mass is 10.1. The Kier molecular flexibility index (Phi) is 5.36. The van der Waals surface area contributed by atoms with Crippen molar-refractivity contribution < 1.29 is 14.3 Å². The monoisotopic (exact) mass is 312 g/mol. The SMILES string of the molecule is COc1ccc(NC(=O)C(=O)NCc2ccc(C)cc2C)cc1. The molecule has 2 N–H and O–H groups in total. The largest absolute Gasteiger partial charge is 0.497 e. The molecular formula is C18H20N2O3. The standard InChI is InChI=1S/C18H20N2O3/c1-12-4-5-14(13(2)10-12)11-19-17(21)18(22)20-15-6-8-16(23-3)9-7-15/h4-10H,11H2,1-3H3,(H,19,21)(H,20,22). The molecule has 0 atom stereocenters. The number of carbonyl (C=O) groups excluding carboxylic acids is 2. The number of nitrogens with one attached hydrogen (secondary N) is 2. The van der Waals surface area contributed by atoms with Crippen molar-refractivity contribution in [3.05, 3.63) is 59.2 Å². The molecule has 0 heterocycles. The molecule has 2 aromatic rings. The van der Waals surface area contributed by atoms with Gasteiger partial charge in [0.25, 0.3) is 0 Å². The smallest absolute Gasteiger partial charge is 0.313 e. The fourth-order valence-electron chi connectivity index (χ4n) is 2.16. The number of hydrogen-bond acceptors (Lipinski definition) is 3. The minimum absolute atomic E-state index is 0.320. The van der Waals surface area contributed by atoms with Crippen LogP contribution in [-0.2, 0) is 16.1 Å². The van der Waals surface area contributed by atoms with E-state index in [4.69, 9.17) is 4.74 Å². The molecule has 0 aliphatic heterocycles. The van der Waals surface area contributed by atoms with Crippen LogP contribution >= 0.6 is 0 Å². The highest BCUT2D eigenvalue weighted by molar-refractivity contribution is 6.39. The second-order valence-corrected chi connectivity index (χ2v) is 5.30. The maximum Gasteiger partial charge on any atom is 0.313 e. The zero-order valence-electron chi connectivity index (χ0n) is 13.5. The average Bonchev–Trinajstić information content (AvgIpc) is 2.54. The summed E-state index contributed by atoms with van der Waals surface area (Å²) in [7, 11) is 1.56. The van der Waals surface area contributed by atoms with Gasteiger partial charge in [0.15, 0.2) is 0 Å². The summed E-state index contributed by atoms with van der Waals surface area (Å²) in [5.41, 5.74) is 3.77. The van der Waals surface area contributed by atoms with Crippen molar-refractivity contribution in [1.82, 2.24) is 5.32 Å². The maximum atomic E-state index is 11.9. The van der Waals surface area contributed by atoms with E-state index < -0.39 is 11.8 Å². The van der Waals surface area contributed by atoms with E-state index >= 15 is 0 Å². The molecule has 120 valence electrons. The Bertz CT molecular complexity index is 709. The quantitative estimate of drug-likeness (QED) is 0.853. The van der Waals surface area contributed by atoms with Gasteiger partial charge in [0, 0.05) is 12.2 Å². The molecule has 2 amide bonds. The molecule has 0 saturated carbocycles. The number of ether oxygens (including phenoxy) is 1. The van der Waals surface area contributed by atoms with Crippen LogP contribution in [0.15, 0.2) is 42.5 Å². The van der Waals surface area contributed by atoms with E-state index in [1.807, 2.05) is 32.0 Å². The third-order valence-electron chi connectivity index (χ3n) is 3.49. The Morgan fingerprint density at radius 1 is 1.00 bits per heavy atom. The predicted molar refractivity (Wildman–Crippen MR) is 89.4 cm³/mol. The number of amides is 2. The van der Waals surface area contributed by atoms with Crippen LogP contribution in [-0.4, -0.2) is 18.9 Å². The molecule has 0 aliphatic carbocycles. The topological polar surface area (TPSA) is 67.4 Å². The lowest BCUT2D eigenvalue weighted by Gasteiger charge is -2.09. The molecular weight excluding hydrogens is 292 g/mol. The highest BCUT2D eigenvalue weighted by Gasteiger charge is 2.13. The first kappa shape index (κ1) is 16.5. The fourth-order valence-corrected chi connectivity index (χ4v) is 2.16. The molecule has 23 heavy (non-hydrogen) atoms. The molecule has 0 radical (unpaired) electrons. The molecule has 0 aromatic heterocycles. The van der Waals surface area contributed by atoms with E-state index in [9.17, 15) is 9.59 Å². The van der Waals surface area contributed by atoms with E-state index in [1.54, 1.807) is 31.4 Å². The second-order valence-electron chi connectivity index (χ2n) is 5.30. The summed E-state index contributed by atoms with van der Waals surface area (Å²) in [5, 5.41) is 5.17. The number of methoxy groups -OCH3 is 1. The Morgan fingerprint density at radius 3 is 2.30 bits per heavy atom. The van der Waals surface area contributed by atoms with E-state index in [0.29, 0.717) is 18.0 Å². The molecule has 5 nitrogen and oxygen atoms in total. The summed E-state index contributed by atoms with van der Waals surface area (Å²) < 4.78 is 5.04. The van der Waals surface area contributed by atoms with Gasteiger partial charge >= 0.3 is 11.8 Å². The van der Waals surface area contributed by atoms with Gasteiger partial charge in [-0.1, -0.05) is 23.8 Å². The first-order chi connectivity index (χ1) is 11.0. The summed E-state index contributed by atoms with van der Waals surface area (Å²) in [6.45, 7) is 4.31. The van der Waals surface area contributed by atoms with Crippen LogP contribution in [0.4, 0.5) is 5.69 Å². The highest BCUT2D eigenvalue weighted by Crippen LogP contribution is 2.15. The van der Waals surface area contributed by atoms with Gasteiger partial charge in [-0.3, -0.25) is 9.59 Å². The third-order valence-corrected chi connectivity index (χ3v) is 3.49. The zero-order valence-corrected chi connectivity index (χ0v) is 13.5. The lowest BCUT2D eigenvalue weighted by Crippen LogP contribution is -2.35. The van der Waals surface area contributed by atoms with Crippen LogP contribution in [0, 0.1) is 13.8 Å². The summed E-state index contributed by atoms with van der Waals surface area (Å²) in [5.74, 6) is -0.678. The van der Waals surface area contributed by atoms with Crippen molar-refractivity contribution in [1.29, 1.82) is 0 Å².